The van der Waals surface area contributed by atoms with E-state index in [2.05, 4.69) is 22.0 Å². The minimum atomic E-state index is -4.07. The molecule has 1 saturated heterocycles. The first-order chi connectivity index (χ1) is 18.4. The van der Waals surface area contributed by atoms with Gasteiger partial charge in [-0.25, -0.2) is 9.78 Å². The van der Waals surface area contributed by atoms with Gasteiger partial charge in [0.1, 0.15) is 12.4 Å². The molecule has 0 aromatic heterocycles. The van der Waals surface area contributed by atoms with E-state index in [0.717, 1.165) is 63.5 Å². The molecule has 1 heterocycles. The molecule has 4 fully saturated rings. The molecule has 3 aliphatic carbocycles. The smallest absolute Gasteiger partial charge is 0.391 e. The van der Waals surface area contributed by atoms with Crippen molar-refractivity contribution in [2.24, 2.45) is 17.8 Å². The molecule has 38 heavy (non-hydrogen) atoms. The van der Waals surface area contributed by atoms with Crippen molar-refractivity contribution in [1.82, 2.24) is 4.90 Å². The maximum atomic E-state index is 12.8. The van der Waals surface area contributed by atoms with Gasteiger partial charge in [0.15, 0.2) is 0 Å². The average Bonchev–Trinajstić information content (AvgIpc) is 2.92. The van der Waals surface area contributed by atoms with Crippen molar-refractivity contribution < 1.29 is 37.2 Å². The Morgan fingerprint density at radius 1 is 0.737 bits per heavy atom. The molecule has 0 N–H and O–H groups in total. The Morgan fingerprint density at radius 2 is 1.34 bits per heavy atom. The normalized spacial score (nSPS) is 33.3. The summed E-state index contributed by atoms with van der Waals surface area (Å²) in [6, 6.07) is 8.24. The third kappa shape index (κ3) is 7.61. The highest BCUT2D eigenvalue weighted by atomic mass is 19.4. The molecule has 1 aromatic rings. The summed E-state index contributed by atoms with van der Waals surface area (Å²) >= 11 is 0. The maximum Gasteiger partial charge on any atom is 0.391 e. The maximum absolute atomic E-state index is 12.8. The zero-order chi connectivity index (χ0) is 26.5. The molecular weight excluding hydrogens is 502 g/mol. The SMILES string of the molecule is FOC1CC2CC(C1)CC(OOC1CCC(c3ccc(OCCN4CCC(C(F)(F)F)CC4)cc3)CC1)C2. The summed E-state index contributed by atoms with van der Waals surface area (Å²) in [4.78, 5) is 17.9. The van der Waals surface area contributed by atoms with Crippen LogP contribution in [0.5, 0.6) is 5.75 Å². The number of rotatable bonds is 9. The second kappa shape index (κ2) is 12.8. The first kappa shape index (κ1) is 28.1. The number of halogens is 4. The summed E-state index contributed by atoms with van der Waals surface area (Å²) in [7, 11) is 0. The van der Waals surface area contributed by atoms with Crippen molar-refractivity contribution in [3.8, 4) is 5.75 Å². The number of alkyl halides is 3. The predicted octanol–water partition coefficient (Wildman–Crippen LogP) is 7.16. The number of piperidine rings is 1. The summed E-state index contributed by atoms with van der Waals surface area (Å²) in [5.41, 5.74) is 1.30. The van der Waals surface area contributed by atoms with E-state index < -0.39 is 12.1 Å². The highest BCUT2D eigenvalue weighted by molar-refractivity contribution is 5.29. The molecule has 0 spiro atoms. The summed E-state index contributed by atoms with van der Waals surface area (Å²) in [6.45, 7) is 2.07. The lowest BCUT2D eigenvalue weighted by Crippen LogP contribution is -2.40. The molecule has 9 heteroatoms. The van der Waals surface area contributed by atoms with E-state index in [9.17, 15) is 17.7 Å². The fourth-order valence-electron chi connectivity index (χ4n) is 7.14. The third-order valence-electron chi connectivity index (χ3n) is 9.26. The number of hydrogen-bond donors (Lipinski definition) is 0. The molecular formula is C29H41F4NO4. The number of nitrogens with zero attached hydrogens (tertiary/aromatic N) is 1. The van der Waals surface area contributed by atoms with Crippen LogP contribution in [0.1, 0.15) is 82.1 Å². The Kier molecular flexibility index (Phi) is 9.50. The van der Waals surface area contributed by atoms with Crippen LogP contribution in [0.15, 0.2) is 24.3 Å². The zero-order valence-electron chi connectivity index (χ0n) is 22.0. The summed E-state index contributed by atoms with van der Waals surface area (Å²) in [5.74, 6) is 1.06. The van der Waals surface area contributed by atoms with E-state index in [1.165, 1.54) is 5.56 Å². The lowest BCUT2D eigenvalue weighted by Gasteiger charge is -2.40. The van der Waals surface area contributed by atoms with E-state index in [1.54, 1.807) is 0 Å². The standard InChI is InChI=1S/C29H41F4NO4/c30-29(31,32)24-9-11-34(12-10-24)13-14-35-25-5-1-22(2-6-25)23-3-7-26(8-4-23)37-38-28-18-20-15-21(19-28)17-27(16-20)36-33/h1-2,5-6,20-21,23-24,26-28H,3-4,7-19H2. The molecule has 0 radical (unpaired) electrons. The summed E-state index contributed by atoms with van der Waals surface area (Å²) in [5, 5.41) is 0. The molecule has 1 aromatic carbocycles. The highest BCUT2D eigenvalue weighted by Gasteiger charge is 2.41. The van der Waals surface area contributed by atoms with Crippen LogP contribution >= 0.6 is 0 Å². The van der Waals surface area contributed by atoms with Gasteiger partial charge in [-0.2, -0.15) is 18.1 Å². The number of ether oxygens (including phenoxy) is 1. The van der Waals surface area contributed by atoms with Crippen molar-refractivity contribution in [1.29, 1.82) is 0 Å². The molecule has 3 saturated carbocycles. The fourth-order valence-corrected chi connectivity index (χ4v) is 7.14. The van der Waals surface area contributed by atoms with Gasteiger partial charge in [-0.3, -0.25) is 4.90 Å². The predicted molar refractivity (Wildman–Crippen MR) is 134 cm³/mol. The number of fused-ring (bicyclic) bond motifs is 2. The third-order valence-corrected chi connectivity index (χ3v) is 9.26. The molecule has 4 aliphatic rings. The summed E-state index contributed by atoms with van der Waals surface area (Å²) < 4.78 is 56.9. The van der Waals surface area contributed by atoms with Crippen molar-refractivity contribution in [2.75, 3.05) is 26.2 Å². The summed E-state index contributed by atoms with van der Waals surface area (Å²) in [6.07, 6.45) is 4.87. The van der Waals surface area contributed by atoms with Gasteiger partial charge >= 0.3 is 6.18 Å². The first-order valence-corrected chi connectivity index (χ1v) is 14.5. The van der Waals surface area contributed by atoms with E-state index in [0.29, 0.717) is 44.0 Å². The Balaban J connectivity index is 0.969. The van der Waals surface area contributed by atoms with Gasteiger partial charge in [-0.15, -0.1) is 0 Å². The van der Waals surface area contributed by atoms with Gasteiger partial charge in [-0.1, -0.05) is 12.1 Å². The van der Waals surface area contributed by atoms with Crippen LogP contribution in [0.3, 0.4) is 0 Å². The molecule has 214 valence electrons. The molecule has 2 unspecified atom stereocenters. The Morgan fingerprint density at radius 3 is 1.95 bits per heavy atom. The van der Waals surface area contributed by atoms with Crippen LogP contribution in [0.4, 0.5) is 17.7 Å². The van der Waals surface area contributed by atoms with Crippen LogP contribution < -0.4 is 4.74 Å². The number of benzene rings is 1. The monoisotopic (exact) mass is 543 g/mol. The molecule has 5 nitrogen and oxygen atoms in total. The average molecular weight is 544 g/mol. The van der Waals surface area contributed by atoms with Crippen LogP contribution in [0, 0.1) is 17.8 Å². The molecule has 2 atom stereocenters. The van der Waals surface area contributed by atoms with Gasteiger partial charge in [0, 0.05) is 6.54 Å². The zero-order valence-corrected chi connectivity index (χ0v) is 22.0. The fraction of sp³-hybridized carbons (Fsp3) is 0.793. The highest BCUT2D eigenvalue weighted by Crippen LogP contribution is 2.43. The minimum Gasteiger partial charge on any atom is -0.492 e. The van der Waals surface area contributed by atoms with Gasteiger partial charge in [-0.05, 0) is 124 Å². The van der Waals surface area contributed by atoms with Crippen LogP contribution in [-0.2, 0) is 14.7 Å². The first-order valence-electron chi connectivity index (χ1n) is 14.5. The molecule has 0 amide bonds. The van der Waals surface area contributed by atoms with Crippen LogP contribution in [-0.4, -0.2) is 55.6 Å². The number of hydrogen-bond acceptors (Lipinski definition) is 5. The van der Waals surface area contributed by atoms with E-state index >= 15 is 0 Å². The molecule has 2 bridgehead atoms. The topological polar surface area (TPSA) is 40.2 Å². The second-order valence-electron chi connectivity index (χ2n) is 12.0. The Bertz CT molecular complexity index is 839. The van der Waals surface area contributed by atoms with Crippen LogP contribution in [0.2, 0.25) is 0 Å². The van der Waals surface area contributed by atoms with Crippen LogP contribution in [0.25, 0.3) is 0 Å². The second-order valence-corrected chi connectivity index (χ2v) is 12.0. The van der Waals surface area contributed by atoms with Gasteiger partial charge in [0.2, 0.25) is 0 Å². The van der Waals surface area contributed by atoms with E-state index in [-0.39, 0.29) is 31.2 Å². The van der Waals surface area contributed by atoms with Crippen molar-refractivity contribution in [3.63, 3.8) is 0 Å². The van der Waals surface area contributed by atoms with Crippen molar-refractivity contribution in [3.05, 3.63) is 29.8 Å². The van der Waals surface area contributed by atoms with Gasteiger partial charge in [0.25, 0.3) is 0 Å². The van der Waals surface area contributed by atoms with Gasteiger partial charge in [0.05, 0.1) is 24.2 Å². The van der Waals surface area contributed by atoms with E-state index in [1.807, 2.05) is 12.1 Å². The van der Waals surface area contributed by atoms with Crippen molar-refractivity contribution in [2.45, 2.75) is 101 Å². The van der Waals surface area contributed by atoms with Gasteiger partial charge < -0.3 is 4.74 Å². The lowest BCUT2D eigenvalue weighted by atomic mass is 9.70. The Hall–Kier alpha value is -1.42. The molecule has 5 rings (SSSR count). The quantitative estimate of drug-likeness (QED) is 0.188. The largest absolute Gasteiger partial charge is 0.492 e. The lowest BCUT2D eigenvalue weighted by molar-refractivity contribution is -0.364. The molecule has 1 aliphatic heterocycles. The number of likely N-dealkylation sites (tertiary alicyclic amines) is 1. The van der Waals surface area contributed by atoms with E-state index in [4.69, 9.17) is 14.5 Å². The Labute approximate surface area is 223 Å². The minimum absolute atomic E-state index is 0.108. The van der Waals surface area contributed by atoms with Crippen molar-refractivity contribution >= 4 is 0 Å².